The Labute approximate surface area is 287 Å². The van der Waals surface area contributed by atoms with Crippen molar-refractivity contribution in [3.8, 4) is 11.8 Å². The Kier molecular flexibility index (Phi) is 14.3. The number of fused-ring (bicyclic) bond motifs is 2. The Morgan fingerprint density at radius 1 is 0.896 bits per heavy atom. The van der Waals surface area contributed by atoms with Gasteiger partial charge in [-0.05, 0) is 88.4 Å². The highest BCUT2D eigenvalue weighted by molar-refractivity contribution is 5.84. The molecule has 2 aliphatic heterocycles. The number of rotatable bonds is 13. The number of hydrogen-bond acceptors (Lipinski definition) is 8. The molecule has 0 aromatic carbocycles. The molecule has 272 valence electrons. The Hall–Kier alpha value is -1.42. The standard InChI is InChI=1S/C38H63N3O7/c1-48-37-19-26-9-13-33(44)29(32(43)5-3-2-4-24-16-27-7-10-28(42)20-31(27)41-22-24)11-8-25(30(26)21-36(37)47)18-35(46)34(45)12-6-23-14-15-40-38(39)17-23/h23-27,29-32,34-38,40-41,43,45-47H,2-7,9-10,12-22,39H2,1H3/p+2. The van der Waals surface area contributed by atoms with E-state index in [-0.39, 0.29) is 42.2 Å². The number of aliphatic hydroxyl groups excluding tert-OH is 4. The minimum absolute atomic E-state index is 0.0298. The van der Waals surface area contributed by atoms with E-state index >= 15 is 0 Å². The van der Waals surface area contributed by atoms with Crippen molar-refractivity contribution < 1.29 is 45.4 Å². The number of ketones is 2. The van der Waals surface area contributed by atoms with Crippen molar-refractivity contribution >= 4 is 11.6 Å². The molecule has 5 aliphatic rings. The number of piperidine rings is 2. The average molecular weight is 676 g/mol. The van der Waals surface area contributed by atoms with Gasteiger partial charge in [-0.25, -0.2) is 0 Å². The van der Waals surface area contributed by atoms with E-state index in [0.717, 1.165) is 70.9 Å². The topological polar surface area (TPSA) is 184 Å². The summed E-state index contributed by atoms with van der Waals surface area (Å²) in [6.07, 6.45) is 9.20. The molecule has 10 heteroatoms. The predicted octanol–water partition coefficient (Wildman–Crippen LogP) is 0.380. The zero-order valence-electron chi connectivity index (χ0n) is 29.3. The van der Waals surface area contributed by atoms with Gasteiger partial charge < -0.3 is 35.8 Å². The third-order valence-corrected chi connectivity index (χ3v) is 12.9. The number of carbonyl (C=O) groups excluding carboxylic acids is 2. The fourth-order valence-electron chi connectivity index (χ4n) is 9.91. The van der Waals surface area contributed by atoms with Crippen LogP contribution >= 0.6 is 0 Å². The van der Waals surface area contributed by atoms with Crippen molar-refractivity contribution in [3.05, 3.63) is 0 Å². The molecule has 0 spiro atoms. The first kappa shape index (κ1) is 37.8. The third kappa shape index (κ3) is 10.3. The predicted molar refractivity (Wildman–Crippen MR) is 181 cm³/mol. The van der Waals surface area contributed by atoms with Crippen molar-refractivity contribution in [2.75, 3.05) is 20.2 Å². The maximum atomic E-state index is 13.5. The highest BCUT2D eigenvalue weighted by Gasteiger charge is 2.42. The van der Waals surface area contributed by atoms with Crippen LogP contribution in [0.4, 0.5) is 0 Å². The summed E-state index contributed by atoms with van der Waals surface area (Å²) in [4.78, 5) is 25.4. The molecule has 2 heterocycles. The van der Waals surface area contributed by atoms with Crippen molar-refractivity contribution in [2.45, 2.75) is 152 Å². The Bertz CT molecular complexity index is 1110. The number of nitrogens with two attached hydrogens (primary N) is 3. The van der Waals surface area contributed by atoms with Gasteiger partial charge in [0.2, 0.25) is 0 Å². The van der Waals surface area contributed by atoms with Crippen LogP contribution in [0.15, 0.2) is 0 Å². The molecule has 0 aromatic heterocycles. The van der Waals surface area contributed by atoms with Gasteiger partial charge in [0.25, 0.3) is 0 Å². The van der Waals surface area contributed by atoms with Crippen LogP contribution < -0.4 is 16.4 Å². The van der Waals surface area contributed by atoms with Gasteiger partial charge in [-0.1, -0.05) is 24.7 Å². The molecule has 10 nitrogen and oxygen atoms in total. The second-order valence-electron chi connectivity index (χ2n) is 16.3. The molecule has 4 fully saturated rings. The number of Topliss-reactive ketones (excluding diaryl/α,β-unsaturated/α-hetero) is 2. The summed E-state index contributed by atoms with van der Waals surface area (Å²) in [6.45, 7) is 2.06. The van der Waals surface area contributed by atoms with Gasteiger partial charge in [-0.15, -0.1) is 0 Å². The van der Waals surface area contributed by atoms with Crippen molar-refractivity contribution in [1.29, 1.82) is 0 Å². The van der Waals surface area contributed by atoms with E-state index in [1.807, 2.05) is 0 Å². The lowest BCUT2D eigenvalue weighted by Crippen LogP contribution is -2.95. The molecule has 14 unspecified atom stereocenters. The molecule has 48 heavy (non-hydrogen) atoms. The van der Waals surface area contributed by atoms with Gasteiger partial charge >= 0.3 is 0 Å². The minimum atomic E-state index is -0.965. The summed E-state index contributed by atoms with van der Waals surface area (Å²) in [5.41, 5.74) is 6.12. The number of carbonyl (C=O) groups is 2. The van der Waals surface area contributed by atoms with Crippen LogP contribution in [0.25, 0.3) is 0 Å². The number of methoxy groups -OCH3 is 1. The van der Waals surface area contributed by atoms with Gasteiger partial charge in [-0.2, -0.15) is 0 Å². The number of hydrogen-bond donors (Lipinski definition) is 7. The molecule has 5 rings (SSSR count). The molecular weight excluding hydrogens is 610 g/mol. The molecule has 0 aromatic rings. The van der Waals surface area contributed by atoms with E-state index in [1.165, 1.54) is 6.42 Å². The normalized spacial score (nSPS) is 39.4. The maximum absolute atomic E-state index is 13.5. The monoisotopic (exact) mass is 675 g/mol. The van der Waals surface area contributed by atoms with Crippen LogP contribution in [0.3, 0.4) is 0 Å². The fraction of sp³-hybridized carbons (Fsp3) is 0.895. The van der Waals surface area contributed by atoms with Crippen LogP contribution in [0.1, 0.15) is 109 Å². The summed E-state index contributed by atoms with van der Waals surface area (Å²) < 4.78 is 5.60. The highest BCUT2D eigenvalue weighted by atomic mass is 16.5. The van der Waals surface area contributed by atoms with E-state index < -0.39 is 30.3 Å². The summed E-state index contributed by atoms with van der Waals surface area (Å²) in [5.74, 6) is 7.61. The third-order valence-electron chi connectivity index (χ3n) is 12.9. The van der Waals surface area contributed by atoms with Crippen molar-refractivity contribution in [2.24, 2.45) is 47.2 Å². The Balaban J connectivity index is 1.18. The molecule has 0 amide bonds. The quantitative estimate of drug-likeness (QED) is 0.108. The minimum Gasteiger partial charge on any atom is -0.391 e. The first-order valence-electron chi connectivity index (χ1n) is 19.3. The highest BCUT2D eigenvalue weighted by Crippen LogP contribution is 2.42. The molecule has 10 N–H and O–H groups in total. The van der Waals surface area contributed by atoms with Crippen LogP contribution in [-0.4, -0.2) is 94.9 Å². The summed E-state index contributed by atoms with van der Waals surface area (Å²) in [6, 6.07) is 0.470. The van der Waals surface area contributed by atoms with Gasteiger partial charge in [0.15, 0.2) is 0 Å². The summed E-state index contributed by atoms with van der Waals surface area (Å²) >= 11 is 0. The number of unbranched alkanes of at least 4 members (excludes halogenated alkanes) is 1. The number of aliphatic hydroxyl groups is 4. The van der Waals surface area contributed by atoms with E-state index in [4.69, 9.17) is 10.5 Å². The molecule has 2 saturated carbocycles. The van der Waals surface area contributed by atoms with Crippen LogP contribution in [0.2, 0.25) is 0 Å². The lowest BCUT2D eigenvalue weighted by molar-refractivity contribution is -0.711. The Morgan fingerprint density at radius 3 is 2.50 bits per heavy atom. The lowest BCUT2D eigenvalue weighted by Gasteiger charge is -2.41. The van der Waals surface area contributed by atoms with E-state index in [1.54, 1.807) is 7.11 Å². The van der Waals surface area contributed by atoms with E-state index in [2.05, 4.69) is 22.5 Å². The van der Waals surface area contributed by atoms with Gasteiger partial charge in [-0.3, -0.25) is 15.3 Å². The smallest absolute Gasteiger partial charge is 0.150 e. The van der Waals surface area contributed by atoms with Gasteiger partial charge in [0.1, 0.15) is 23.7 Å². The second-order valence-corrected chi connectivity index (χ2v) is 16.3. The number of quaternary nitrogens is 2. The molecule has 14 atom stereocenters. The SMILES string of the molecule is COC1CC2CCC(=O)C(C(O)CCCCC3C[NH2+]C4CC(=O)CCC4C3)C#CC(CC(O)C(O)CCC3CC[NH2+]C(N)C3)C2CC1O. The largest absolute Gasteiger partial charge is 0.391 e. The molecule has 2 saturated heterocycles. The summed E-state index contributed by atoms with van der Waals surface area (Å²) in [7, 11) is 1.61. The molecule has 0 radical (unpaired) electrons. The summed E-state index contributed by atoms with van der Waals surface area (Å²) in [5, 5.41) is 49.0. The van der Waals surface area contributed by atoms with Gasteiger partial charge in [0, 0.05) is 44.1 Å². The first-order chi connectivity index (χ1) is 23.1. The Morgan fingerprint density at radius 2 is 1.71 bits per heavy atom. The number of ether oxygens (including phenoxy) is 1. The van der Waals surface area contributed by atoms with Crippen molar-refractivity contribution in [1.82, 2.24) is 0 Å². The van der Waals surface area contributed by atoms with Gasteiger partial charge in [0.05, 0.1) is 56.1 Å². The maximum Gasteiger partial charge on any atom is 0.150 e. The van der Waals surface area contributed by atoms with E-state index in [9.17, 15) is 30.0 Å². The van der Waals surface area contributed by atoms with Crippen molar-refractivity contribution in [3.63, 3.8) is 0 Å². The zero-order chi connectivity index (χ0) is 34.2. The average Bonchev–Trinajstić information content (AvgIpc) is 3.13. The molecule has 0 bridgehead atoms. The van der Waals surface area contributed by atoms with Crippen LogP contribution in [0.5, 0.6) is 0 Å². The molecular formula is C38H65N3O7+2. The first-order valence-corrected chi connectivity index (χ1v) is 19.3. The lowest BCUT2D eigenvalue weighted by atomic mass is 9.67. The van der Waals surface area contributed by atoms with Crippen LogP contribution in [0, 0.1) is 53.3 Å². The zero-order valence-corrected chi connectivity index (χ0v) is 29.3. The van der Waals surface area contributed by atoms with Crippen LogP contribution in [-0.2, 0) is 14.3 Å². The second kappa shape index (κ2) is 18.2. The van der Waals surface area contributed by atoms with E-state index in [0.29, 0.717) is 68.1 Å². The molecule has 3 aliphatic carbocycles. The fourth-order valence-corrected chi connectivity index (χ4v) is 9.91.